The van der Waals surface area contributed by atoms with Gasteiger partial charge in [-0.1, -0.05) is 0 Å². The number of nitrogens with one attached hydrogen (secondary N) is 1. The van der Waals surface area contributed by atoms with E-state index in [4.69, 9.17) is 5.10 Å². The van der Waals surface area contributed by atoms with E-state index in [2.05, 4.69) is 34.9 Å². The Labute approximate surface area is 392 Å². The number of aryl methyl sites for hydroxylation is 3. The molecule has 0 radical (unpaired) electrons. The highest BCUT2D eigenvalue weighted by Gasteiger charge is 2.45. The minimum absolute atomic E-state index is 0.00461. The number of piperidine rings is 1. The Hall–Kier alpha value is -6.56. The average molecular weight is 928 g/mol. The fourth-order valence-corrected chi connectivity index (χ4v) is 11.7. The molecule has 0 spiro atoms. The van der Waals surface area contributed by atoms with Gasteiger partial charge in [0.1, 0.15) is 11.6 Å². The molecule has 2 aromatic carbocycles. The monoisotopic (exact) mass is 927 g/mol. The Kier molecular flexibility index (Phi) is 11.1. The Morgan fingerprint density at radius 2 is 1.62 bits per heavy atom. The molecular weight excluding hydrogens is 873 g/mol. The average Bonchev–Trinajstić information content (AvgIpc) is 3.96. The normalized spacial score (nSPS) is 22.3. The largest absolute Gasteiger partial charge is 0.369 e. The zero-order valence-corrected chi connectivity index (χ0v) is 38.6. The fourth-order valence-electron chi connectivity index (χ4n) is 11.7. The Morgan fingerprint density at radius 1 is 0.838 bits per heavy atom. The number of carbonyl (C=O) groups is 5. The second-order valence-electron chi connectivity index (χ2n) is 19.5. The number of anilines is 3. The van der Waals surface area contributed by atoms with Crippen LogP contribution in [-0.4, -0.2) is 121 Å². The standard InChI is InChI=1S/C50H55F2N11O5/c1-28-21-43-45(55-54-28)38(26-57(43)3)35-22-31-5-4-15-61(42(31)24-36(35)46(51)52)47-39-27-60(29(2)64)16-14-40(39)63(56-47)32-8-6-30(7-9-32)25-58-17-19-59(20-18-58)33-10-11-34-37(23-33)50(68)62(49(34)67)41-12-13-44(65)53-48(41)66/h10-11,21-24,26,30,32,41,46H,4-9,12-20,25,27H2,1-3H3,(H,53,65,66). The van der Waals surface area contributed by atoms with E-state index in [9.17, 15) is 24.0 Å². The second kappa shape index (κ2) is 17.2. The molecule has 16 nitrogen and oxygen atoms in total. The maximum Gasteiger partial charge on any atom is 0.264 e. The predicted molar refractivity (Wildman–Crippen MR) is 249 cm³/mol. The molecule has 18 heteroatoms. The summed E-state index contributed by atoms with van der Waals surface area (Å²) in [5.41, 5.74) is 8.54. The third-order valence-electron chi connectivity index (χ3n) is 15.4. The van der Waals surface area contributed by atoms with Crippen molar-refractivity contribution in [3.63, 3.8) is 0 Å². The third-order valence-corrected chi connectivity index (χ3v) is 15.4. The molecule has 2 saturated heterocycles. The molecule has 1 unspecified atom stereocenters. The molecule has 3 fully saturated rings. The fraction of sp³-hybridized carbons (Fsp3) is 0.480. The molecule has 5 amide bonds. The molecule has 11 rings (SSSR count). The van der Waals surface area contributed by atoms with Crippen molar-refractivity contribution in [2.45, 2.75) is 96.7 Å². The summed E-state index contributed by atoms with van der Waals surface area (Å²) in [5.74, 6) is -0.743. The molecule has 1 atom stereocenters. The van der Waals surface area contributed by atoms with Crippen LogP contribution in [0.2, 0.25) is 0 Å². The van der Waals surface area contributed by atoms with Gasteiger partial charge in [0.15, 0.2) is 5.82 Å². The number of piperazine rings is 1. The van der Waals surface area contributed by atoms with Crippen LogP contribution in [0.1, 0.15) is 113 Å². The lowest BCUT2D eigenvalue weighted by atomic mass is 9.85. The number of carbonyl (C=O) groups excluding carboxylic acids is 5. The van der Waals surface area contributed by atoms with Crippen LogP contribution in [0, 0.1) is 12.8 Å². The van der Waals surface area contributed by atoms with Gasteiger partial charge in [-0.3, -0.25) is 43.8 Å². The minimum Gasteiger partial charge on any atom is -0.369 e. The van der Waals surface area contributed by atoms with Gasteiger partial charge in [-0.05, 0) is 105 Å². The summed E-state index contributed by atoms with van der Waals surface area (Å²) in [6, 6.07) is 10.0. The lowest BCUT2D eigenvalue weighted by molar-refractivity contribution is -0.136. The molecule has 0 bridgehead atoms. The number of imide groups is 2. The number of fused-ring (bicyclic) bond motifs is 4. The number of nitrogens with zero attached hydrogens (tertiary/aromatic N) is 10. The van der Waals surface area contributed by atoms with Crippen molar-refractivity contribution >= 4 is 57.8 Å². The maximum atomic E-state index is 15.2. The van der Waals surface area contributed by atoms with Gasteiger partial charge in [-0.25, -0.2) is 8.78 Å². The molecule has 5 aliphatic heterocycles. The van der Waals surface area contributed by atoms with Crippen LogP contribution < -0.4 is 15.1 Å². The van der Waals surface area contributed by atoms with E-state index in [0.717, 1.165) is 121 Å². The highest BCUT2D eigenvalue weighted by atomic mass is 19.3. The number of halogens is 2. The van der Waals surface area contributed by atoms with E-state index in [-0.39, 0.29) is 41.5 Å². The van der Waals surface area contributed by atoms with E-state index in [1.165, 1.54) is 0 Å². The summed E-state index contributed by atoms with van der Waals surface area (Å²) in [6.07, 6.45) is 5.61. The van der Waals surface area contributed by atoms with Crippen molar-refractivity contribution in [2.24, 2.45) is 13.0 Å². The van der Waals surface area contributed by atoms with Crippen LogP contribution in [0.4, 0.5) is 26.0 Å². The van der Waals surface area contributed by atoms with Crippen LogP contribution in [0.15, 0.2) is 42.6 Å². The van der Waals surface area contributed by atoms with Crippen molar-refractivity contribution in [3.05, 3.63) is 81.8 Å². The molecule has 68 heavy (non-hydrogen) atoms. The summed E-state index contributed by atoms with van der Waals surface area (Å²) in [6.45, 7) is 9.37. The summed E-state index contributed by atoms with van der Waals surface area (Å²) in [5, 5.41) is 16.3. The topological polar surface area (TPSA) is 162 Å². The molecule has 6 aliphatic rings. The Balaban J connectivity index is 0.777. The minimum atomic E-state index is -2.72. The highest BCUT2D eigenvalue weighted by Crippen LogP contribution is 2.45. The molecular formula is C50H55F2N11O5. The third kappa shape index (κ3) is 7.60. The Morgan fingerprint density at radius 3 is 2.37 bits per heavy atom. The summed E-state index contributed by atoms with van der Waals surface area (Å²) >= 11 is 0. The highest BCUT2D eigenvalue weighted by molar-refractivity contribution is 6.23. The van der Waals surface area contributed by atoms with Gasteiger partial charge in [-0.15, -0.1) is 5.10 Å². The lowest BCUT2D eigenvalue weighted by Gasteiger charge is -2.39. The SMILES string of the molecule is CC(=O)N1CCc2c(c(N3CCCc4cc(-c5cn(C)c6cc(C)nnc56)c(C(F)F)cc43)nn2C2CCC(CN3CCN(c4ccc5c(c4)C(=O)N(C4CCC(=O)NC4=O)C5=O)CC3)CC2)C1. The first-order valence-corrected chi connectivity index (χ1v) is 24.0. The molecule has 5 aromatic rings. The summed E-state index contributed by atoms with van der Waals surface area (Å²) in [7, 11) is 1.90. The first-order valence-electron chi connectivity index (χ1n) is 24.0. The van der Waals surface area contributed by atoms with Gasteiger partial charge < -0.3 is 19.3 Å². The number of hydrogen-bond donors (Lipinski definition) is 1. The van der Waals surface area contributed by atoms with E-state index >= 15 is 8.78 Å². The van der Waals surface area contributed by atoms with Crippen molar-refractivity contribution in [1.82, 2.24) is 44.6 Å². The molecule has 1 aliphatic carbocycles. The van der Waals surface area contributed by atoms with Crippen molar-refractivity contribution < 1.29 is 32.8 Å². The summed E-state index contributed by atoms with van der Waals surface area (Å²) in [4.78, 5) is 73.5. The lowest BCUT2D eigenvalue weighted by Crippen LogP contribution is -2.54. The number of hydrogen-bond acceptors (Lipinski definition) is 11. The summed E-state index contributed by atoms with van der Waals surface area (Å²) < 4.78 is 34.5. The number of alkyl halides is 2. The van der Waals surface area contributed by atoms with Crippen LogP contribution >= 0.6 is 0 Å². The van der Waals surface area contributed by atoms with Crippen LogP contribution in [0.25, 0.3) is 22.2 Å². The van der Waals surface area contributed by atoms with Gasteiger partial charge in [-0.2, -0.15) is 10.2 Å². The smallest absolute Gasteiger partial charge is 0.264 e. The maximum absolute atomic E-state index is 15.2. The quantitative estimate of drug-likeness (QED) is 0.181. The van der Waals surface area contributed by atoms with Crippen LogP contribution in [0.5, 0.6) is 0 Å². The van der Waals surface area contributed by atoms with Gasteiger partial charge in [0.25, 0.3) is 18.2 Å². The van der Waals surface area contributed by atoms with Gasteiger partial charge in [0, 0.05) is 113 Å². The molecule has 1 N–H and O–H groups in total. The van der Waals surface area contributed by atoms with Crippen molar-refractivity contribution in [2.75, 3.05) is 55.6 Å². The zero-order chi connectivity index (χ0) is 47.1. The number of aromatic nitrogens is 5. The van der Waals surface area contributed by atoms with E-state index in [1.54, 1.807) is 25.1 Å². The van der Waals surface area contributed by atoms with Crippen LogP contribution in [-0.2, 0) is 40.8 Å². The number of rotatable bonds is 8. The van der Waals surface area contributed by atoms with E-state index in [0.29, 0.717) is 48.6 Å². The predicted octanol–water partition coefficient (Wildman–Crippen LogP) is 6.02. The molecule has 8 heterocycles. The van der Waals surface area contributed by atoms with Gasteiger partial charge in [0.05, 0.1) is 34.9 Å². The first kappa shape index (κ1) is 44.0. The Bertz CT molecular complexity index is 2910. The zero-order valence-electron chi connectivity index (χ0n) is 38.6. The van der Waals surface area contributed by atoms with Gasteiger partial charge in [0.2, 0.25) is 17.7 Å². The van der Waals surface area contributed by atoms with Gasteiger partial charge >= 0.3 is 0 Å². The second-order valence-corrected chi connectivity index (χ2v) is 19.5. The van der Waals surface area contributed by atoms with Crippen molar-refractivity contribution in [1.29, 1.82) is 0 Å². The van der Waals surface area contributed by atoms with Crippen LogP contribution in [0.3, 0.4) is 0 Å². The molecule has 354 valence electrons. The molecule has 1 saturated carbocycles. The number of benzene rings is 2. The van der Waals surface area contributed by atoms with E-state index < -0.39 is 36.1 Å². The van der Waals surface area contributed by atoms with Crippen molar-refractivity contribution in [3.8, 4) is 11.1 Å². The first-order chi connectivity index (χ1) is 32.8. The van der Waals surface area contributed by atoms with E-state index in [1.807, 2.05) is 47.8 Å². The molecule has 3 aromatic heterocycles. The number of amides is 5.